The molecule has 1 aromatic carbocycles. The van der Waals surface area contributed by atoms with Crippen molar-refractivity contribution in [2.75, 3.05) is 5.32 Å². The van der Waals surface area contributed by atoms with Gasteiger partial charge >= 0.3 is 6.18 Å². The Labute approximate surface area is 123 Å². The molecule has 0 fully saturated rings. The van der Waals surface area contributed by atoms with Gasteiger partial charge in [0.25, 0.3) is 0 Å². The average molecular weight is 312 g/mol. The fourth-order valence-electron chi connectivity index (χ4n) is 1.51. The van der Waals surface area contributed by atoms with E-state index in [-0.39, 0.29) is 5.91 Å². The normalized spacial score (nSPS) is 11.8. The summed E-state index contributed by atoms with van der Waals surface area (Å²) in [6.45, 7) is 1.87. The van der Waals surface area contributed by atoms with Gasteiger partial charge in [-0.1, -0.05) is 12.1 Å². The van der Waals surface area contributed by atoms with Crippen LogP contribution in [0, 0.1) is 6.92 Å². The summed E-state index contributed by atoms with van der Waals surface area (Å²) in [7, 11) is 0. The van der Waals surface area contributed by atoms with Gasteiger partial charge in [0.1, 0.15) is 0 Å². The lowest BCUT2D eigenvalue weighted by Crippen LogP contribution is -2.07. The molecule has 21 heavy (non-hydrogen) atoms. The molecule has 0 spiro atoms. The van der Waals surface area contributed by atoms with E-state index in [1.54, 1.807) is 6.20 Å². The van der Waals surface area contributed by atoms with Gasteiger partial charge in [0.2, 0.25) is 5.91 Å². The zero-order valence-corrected chi connectivity index (χ0v) is 11.8. The Kier molecular flexibility index (Phi) is 4.42. The Morgan fingerprint density at radius 3 is 2.48 bits per heavy atom. The fraction of sp³-hybridized carbons (Fsp3) is 0.143. The molecule has 7 heteroatoms. The molecule has 2 aromatic rings. The van der Waals surface area contributed by atoms with Gasteiger partial charge in [0.05, 0.1) is 5.56 Å². The summed E-state index contributed by atoms with van der Waals surface area (Å²) in [6.07, 6.45) is -0.0303. The van der Waals surface area contributed by atoms with Gasteiger partial charge < -0.3 is 0 Å². The molecule has 1 aromatic heterocycles. The van der Waals surface area contributed by atoms with Gasteiger partial charge in [-0.2, -0.15) is 13.2 Å². The van der Waals surface area contributed by atoms with Crippen molar-refractivity contribution >= 4 is 28.5 Å². The SMILES string of the molecule is Cc1cnc(NC(=O)/C=C/c2ccc(C(F)(F)F)cc2)s1. The van der Waals surface area contributed by atoms with Gasteiger partial charge in [-0.15, -0.1) is 11.3 Å². The lowest BCUT2D eigenvalue weighted by Gasteiger charge is -2.05. The molecule has 0 aliphatic carbocycles. The largest absolute Gasteiger partial charge is 0.416 e. The molecule has 2 rings (SSSR count). The van der Waals surface area contributed by atoms with E-state index >= 15 is 0 Å². The van der Waals surface area contributed by atoms with Gasteiger partial charge in [0, 0.05) is 17.2 Å². The standard InChI is InChI=1S/C14H11F3N2OS/c1-9-8-18-13(21-9)19-12(20)7-4-10-2-5-11(6-3-10)14(15,16)17/h2-8H,1H3,(H,18,19,20)/b7-4+. The Balaban J connectivity index is 1.99. The molecule has 0 aliphatic rings. The molecular weight excluding hydrogens is 301 g/mol. The number of aromatic nitrogens is 1. The number of nitrogens with one attached hydrogen (secondary N) is 1. The molecule has 1 heterocycles. The van der Waals surface area contributed by atoms with Crippen LogP contribution in [-0.4, -0.2) is 10.9 Å². The van der Waals surface area contributed by atoms with Crippen LogP contribution in [-0.2, 0) is 11.0 Å². The van der Waals surface area contributed by atoms with E-state index < -0.39 is 11.7 Å². The summed E-state index contributed by atoms with van der Waals surface area (Å²) in [6, 6.07) is 4.56. The van der Waals surface area contributed by atoms with Gasteiger partial charge in [-0.05, 0) is 30.7 Å². The van der Waals surface area contributed by atoms with Crippen molar-refractivity contribution in [3.63, 3.8) is 0 Å². The minimum atomic E-state index is -4.36. The number of hydrogen-bond acceptors (Lipinski definition) is 3. The number of thiazole rings is 1. The van der Waals surface area contributed by atoms with Crippen LogP contribution in [0.5, 0.6) is 0 Å². The molecule has 0 saturated carbocycles. The van der Waals surface area contributed by atoms with Crippen molar-refractivity contribution in [3.05, 3.63) is 52.5 Å². The number of amides is 1. The minimum absolute atomic E-state index is 0.385. The fourth-order valence-corrected chi connectivity index (χ4v) is 2.18. The summed E-state index contributed by atoms with van der Waals surface area (Å²) in [5, 5.41) is 3.05. The van der Waals surface area contributed by atoms with E-state index in [1.165, 1.54) is 35.6 Å². The maximum atomic E-state index is 12.4. The molecule has 0 radical (unpaired) electrons. The van der Waals surface area contributed by atoms with Gasteiger partial charge in [-0.3, -0.25) is 10.1 Å². The quantitative estimate of drug-likeness (QED) is 0.866. The van der Waals surface area contributed by atoms with Crippen molar-refractivity contribution in [2.45, 2.75) is 13.1 Å². The van der Waals surface area contributed by atoms with E-state index in [0.717, 1.165) is 17.0 Å². The number of rotatable bonds is 3. The summed E-state index contributed by atoms with van der Waals surface area (Å²) < 4.78 is 37.2. The van der Waals surface area contributed by atoms with E-state index in [4.69, 9.17) is 0 Å². The number of nitrogens with zero attached hydrogens (tertiary/aromatic N) is 1. The Morgan fingerprint density at radius 1 is 1.29 bits per heavy atom. The minimum Gasteiger partial charge on any atom is -0.298 e. The molecule has 110 valence electrons. The number of anilines is 1. The van der Waals surface area contributed by atoms with Crippen LogP contribution in [0.15, 0.2) is 36.5 Å². The molecule has 0 bridgehead atoms. The molecule has 0 aliphatic heterocycles. The first-order valence-corrected chi connectivity index (χ1v) is 6.75. The van der Waals surface area contributed by atoms with Gasteiger partial charge in [0.15, 0.2) is 5.13 Å². The Bertz CT molecular complexity index is 660. The zero-order valence-electron chi connectivity index (χ0n) is 10.9. The van der Waals surface area contributed by atoms with Crippen molar-refractivity contribution in [3.8, 4) is 0 Å². The third kappa shape index (κ3) is 4.42. The zero-order chi connectivity index (χ0) is 15.5. The first-order chi connectivity index (χ1) is 9.84. The van der Waals surface area contributed by atoms with Crippen molar-refractivity contribution in [1.29, 1.82) is 0 Å². The van der Waals surface area contributed by atoms with Crippen LogP contribution in [0.2, 0.25) is 0 Å². The molecular formula is C14H11F3N2OS. The Morgan fingerprint density at radius 2 is 1.95 bits per heavy atom. The molecule has 0 unspecified atom stereocenters. The van der Waals surface area contributed by atoms with E-state index in [1.807, 2.05) is 6.92 Å². The van der Waals surface area contributed by atoms with E-state index in [9.17, 15) is 18.0 Å². The number of carbonyl (C=O) groups is 1. The topological polar surface area (TPSA) is 42.0 Å². The lowest BCUT2D eigenvalue weighted by molar-refractivity contribution is -0.137. The second kappa shape index (κ2) is 6.09. The summed E-state index contributed by atoms with van der Waals surface area (Å²) in [5.41, 5.74) is -0.212. The highest BCUT2D eigenvalue weighted by molar-refractivity contribution is 7.15. The van der Waals surface area contributed by atoms with Crippen molar-refractivity contribution in [2.24, 2.45) is 0 Å². The van der Waals surface area contributed by atoms with E-state index in [2.05, 4.69) is 10.3 Å². The lowest BCUT2D eigenvalue weighted by atomic mass is 10.1. The molecule has 0 atom stereocenters. The number of carbonyl (C=O) groups excluding carboxylic acids is 1. The average Bonchev–Trinajstić information content (AvgIpc) is 2.81. The van der Waals surface area contributed by atoms with Crippen LogP contribution in [0.3, 0.4) is 0 Å². The van der Waals surface area contributed by atoms with Crippen LogP contribution >= 0.6 is 11.3 Å². The maximum absolute atomic E-state index is 12.4. The highest BCUT2D eigenvalue weighted by atomic mass is 32.1. The predicted octanol–water partition coefficient (Wildman–Crippen LogP) is 4.12. The smallest absolute Gasteiger partial charge is 0.298 e. The number of halogens is 3. The molecule has 1 amide bonds. The molecule has 3 nitrogen and oxygen atoms in total. The third-order valence-electron chi connectivity index (χ3n) is 2.52. The third-order valence-corrected chi connectivity index (χ3v) is 3.34. The predicted molar refractivity (Wildman–Crippen MR) is 76.0 cm³/mol. The summed E-state index contributed by atoms with van der Waals surface area (Å²) >= 11 is 1.34. The van der Waals surface area contributed by atoms with Crippen LogP contribution in [0.1, 0.15) is 16.0 Å². The van der Waals surface area contributed by atoms with Crippen molar-refractivity contribution in [1.82, 2.24) is 4.98 Å². The van der Waals surface area contributed by atoms with Crippen LogP contribution in [0.25, 0.3) is 6.08 Å². The van der Waals surface area contributed by atoms with Crippen molar-refractivity contribution < 1.29 is 18.0 Å². The first kappa shape index (κ1) is 15.2. The first-order valence-electron chi connectivity index (χ1n) is 5.93. The van der Waals surface area contributed by atoms with E-state index in [0.29, 0.717) is 10.7 Å². The number of alkyl halides is 3. The Hall–Kier alpha value is -2.15. The van der Waals surface area contributed by atoms with Crippen LogP contribution < -0.4 is 5.32 Å². The molecule has 0 saturated heterocycles. The number of benzene rings is 1. The highest BCUT2D eigenvalue weighted by Gasteiger charge is 2.29. The van der Waals surface area contributed by atoms with Gasteiger partial charge in [-0.25, -0.2) is 4.98 Å². The number of aryl methyl sites for hydroxylation is 1. The number of hydrogen-bond donors (Lipinski definition) is 1. The second-order valence-corrected chi connectivity index (χ2v) is 5.45. The second-order valence-electron chi connectivity index (χ2n) is 4.22. The van der Waals surface area contributed by atoms with Crippen LogP contribution in [0.4, 0.5) is 18.3 Å². The molecule has 1 N–H and O–H groups in total. The highest BCUT2D eigenvalue weighted by Crippen LogP contribution is 2.29. The maximum Gasteiger partial charge on any atom is 0.416 e. The summed E-state index contributed by atoms with van der Waals surface area (Å²) in [4.78, 5) is 16.6. The monoisotopic (exact) mass is 312 g/mol. The summed E-state index contributed by atoms with van der Waals surface area (Å²) in [5.74, 6) is -0.385.